The third-order valence-electron chi connectivity index (χ3n) is 8.10. The van der Waals surface area contributed by atoms with Crippen molar-refractivity contribution in [2.24, 2.45) is 0 Å². The van der Waals surface area contributed by atoms with Crippen LogP contribution in [0.15, 0.2) is 120 Å². The van der Waals surface area contributed by atoms with E-state index in [9.17, 15) is 18.8 Å². The van der Waals surface area contributed by atoms with Gasteiger partial charge in [0.2, 0.25) is 5.91 Å². The molecular formula is C36H33FN4O4. The lowest BCUT2D eigenvalue weighted by Gasteiger charge is -2.33. The molecule has 2 aliphatic heterocycles. The number of nitrogens with one attached hydrogen (secondary N) is 2. The number of rotatable bonds is 10. The van der Waals surface area contributed by atoms with Crippen molar-refractivity contribution >= 4 is 17.8 Å². The van der Waals surface area contributed by atoms with E-state index >= 15 is 0 Å². The monoisotopic (exact) mass is 604 g/mol. The number of nitrogens with zero attached hydrogens (tertiary/aromatic N) is 2. The molecule has 4 aromatic rings. The summed E-state index contributed by atoms with van der Waals surface area (Å²) in [6.07, 6.45) is 0.245. The van der Waals surface area contributed by atoms with Crippen LogP contribution in [-0.2, 0) is 22.6 Å². The largest absolute Gasteiger partial charge is 0.457 e. The molecule has 2 heterocycles. The summed E-state index contributed by atoms with van der Waals surface area (Å²) in [5, 5.41) is 5.84. The molecule has 45 heavy (non-hydrogen) atoms. The van der Waals surface area contributed by atoms with Gasteiger partial charge in [-0.3, -0.25) is 14.5 Å². The Kier molecular flexibility index (Phi) is 8.59. The van der Waals surface area contributed by atoms with Crippen LogP contribution in [0.5, 0.6) is 11.5 Å². The van der Waals surface area contributed by atoms with Gasteiger partial charge in [-0.15, -0.1) is 0 Å². The Balaban J connectivity index is 1.31. The van der Waals surface area contributed by atoms with Gasteiger partial charge in [-0.2, -0.15) is 0 Å². The molecule has 0 spiro atoms. The number of carbonyl (C=O) groups excluding carboxylic acids is 3. The first-order valence-corrected chi connectivity index (χ1v) is 14.9. The number of halogens is 1. The third kappa shape index (κ3) is 6.28. The highest BCUT2D eigenvalue weighted by molar-refractivity contribution is 6.03. The lowest BCUT2D eigenvalue weighted by atomic mass is 9.95. The predicted molar refractivity (Wildman–Crippen MR) is 168 cm³/mol. The zero-order valence-electron chi connectivity index (χ0n) is 24.8. The van der Waals surface area contributed by atoms with E-state index in [0.717, 1.165) is 5.56 Å². The number of para-hydroxylation sites is 1. The Morgan fingerprint density at radius 2 is 1.62 bits per heavy atom. The fourth-order valence-corrected chi connectivity index (χ4v) is 5.86. The number of likely N-dealkylation sites (N-methyl/N-ethyl adjacent to an activating group) is 1. The van der Waals surface area contributed by atoms with E-state index in [1.807, 2.05) is 91.9 Å². The van der Waals surface area contributed by atoms with Gasteiger partial charge in [-0.1, -0.05) is 78.9 Å². The van der Waals surface area contributed by atoms with Crippen LogP contribution < -0.4 is 15.4 Å². The van der Waals surface area contributed by atoms with Gasteiger partial charge in [0, 0.05) is 25.1 Å². The van der Waals surface area contributed by atoms with Crippen molar-refractivity contribution in [3.05, 3.63) is 143 Å². The molecule has 2 aliphatic rings. The lowest BCUT2D eigenvalue weighted by molar-refractivity contribution is -0.136. The van der Waals surface area contributed by atoms with Gasteiger partial charge in [0.15, 0.2) is 0 Å². The average molecular weight is 605 g/mol. The van der Waals surface area contributed by atoms with Crippen molar-refractivity contribution in [2.75, 3.05) is 13.1 Å². The summed E-state index contributed by atoms with van der Waals surface area (Å²) in [5.41, 5.74) is 2.86. The first-order chi connectivity index (χ1) is 21.9. The summed E-state index contributed by atoms with van der Waals surface area (Å²) in [4.78, 5) is 44.5. The summed E-state index contributed by atoms with van der Waals surface area (Å²) in [6.45, 7) is 2.24. The highest BCUT2D eigenvalue weighted by Crippen LogP contribution is 2.38. The number of ether oxygens (including phenoxy) is 1. The van der Waals surface area contributed by atoms with Crippen LogP contribution in [-0.4, -0.2) is 46.8 Å². The summed E-state index contributed by atoms with van der Waals surface area (Å²) < 4.78 is 20.4. The van der Waals surface area contributed by atoms with Crippen molar-refractivity contribution in [1.29, 1.82) is 0 Å². The molecule has 8 nitrogen and oxygen atoms in total. The zero-order valence-corrected chi connectivity index (χ0v) is 24.8. The molecule has 0 aliphatic carbocycles. The number of urea groups is 1. The van der Waals surface area contributed by atoms with E-state index < -0.39 is 23.8 Å². The minimum Gasteiger partial charge on any atom is -0.457 e. The molecule has 4 amide bonds. The average Bonchev–Trinajstić information content (AvgIpc) is 3.40. The van der Waals surface area contributed by atoms with Crippen LogP contribution in [0, 0.1) is 5.82 Å². The molecule has 0 unspecified atom stereocenters. The Hall–Kier alpha value is -5.44. The van der Waals surface area contributed by atoms with Crippen LogP contribution in [0.4, 0.5) is 9.18 Å². The van der Waals surface area contributed by atoms with Crippen LogP contribution >= 0.6 is 0 Å². The quantitative estimate of drug-likeness (QED) is 0.242. The predicted octanol–water partition coefficient (Wildman–Crippen LogP) is 5.73. The van der Waals surface area contributed by atoms with E-state index in [0.29, 0.717) is 40.4 Å². The Morgan fingerprint density at radius 3 is 2.36 bits per heavy atom. The summed E-state index contributed by atoms with van der Waals surface area (Å²) in [7, 11) is 0. The SMILES string of the molecule is CCN1C(=O)N[C@H](c2cccc(Oc3ccccc3)c2)C2=C1CN([C@H](Cc1ccccc1)C(=O)NCc1ccccc1F)C2=O. The van der Waals surface area contributed by atoms with E-state index in [2.05, 4.69) is 10.6 Å². The smallest absolute Gasteiger partial charge is 0.322 e. The van der Waals surface area contributed by atoms with Gasteiger partial charge in [-0.05, 0) is 48.4 Å². The van der Waals surface area contributed by atoms with Crippen LogP contribution in [0.1, 0.15) is 29.7 Å². The first kappa shape index (κ1) is 29.6. The minimum atomic E-state index is -0.903. The van der Waals surface area contributed by atoms with Crippen molar-refractivity contribution in [2.45, 2.75) is 32.0 Å². The number of hydrogen-bond donors (Lipinski definition) is 2. The summed E-state index contributed by atoms with van der Waals surface area (Å²) in [5.74, 6) is 0.0472. The topological polar surface area (TPSA) is 91.0 Å². The van der Waals surface area contributed by atoms with E-state index in [1.54, 1.807) is 23.1 Å². The standard InChI is InChI=1S/C36H33FN4O4/c1-2-40-31-23-41(30(20-24-12-5-3-6-13-24)34(42)38-22-26-14-9-10-19-29(26)37)35(43)32(31)33(39-36(40)44)25-15-11-18-28(21-25)45-27-16-7-4-8-17-27/h3-19,21,30,33H,2,20,22-23H2,1H3,(H,38,42)(H,39,44)/t30-,33-/m1/s1. The van der Waals surface area contributed by atoms with E-state index in [-0.39, 0.29) is 31.4 Å². The number of hydrogen-bond acceptors (Lipinski definition) is 4. The second-order valence-electron chi connectivity index (χ2n) is 10.9. The normalized spacial score (nSPS) is 16.7. The van der Waals surface area contributed by atoms with Gasteiger partial charge in [-0.25, -0.2) is 9.18 Å². The minimum absolute atomic E-state index is 0.0239. The molecule has 9 heteroatoms. The fourth-order valence-electron chi connectivity index (χ4n) is 5.86. The summed E-state index contributed by atoms with van der Waals surface area (Å²) >= 11 is 0. The Labute approximate surface area is 261 Å². The maximum absolute atomic E-state index is 14.4. The van der Waals surface area contributed by atoms with Crippen molar-refractivity contribution in [3.63, 3.8) is 0 Å². The van der Waals surface area contributed by atoms with Crippen LogP contribution in [0.25, 0.3) is 0 Å². The lowest BCUT2D eigenvalue weighted by Crippen LogP contribution is -2.49. The molecule has 2 N–H and O–H groups in total. The molecule has 4 aromatic carbocycles. The fraction of sp³-hybridized carbons (Fsp3) is 0.194. The van der Waals surface area contributed by atoms with E-state index in [1.165, 1.54) is 11.0 Å². The van der Waals surface area contributed by atoms with E-state index in [4.69, 9.17) is 4.74 Å². The molecule has 0 aromatic heterocycles. The highest BCUT2D eigenvalue weighted by Gasteiger charge is 2.46. The Morgan fingerprint density at radius 1 is 0.933 bits per heavy atom. The van der Waals surface area contributed by atoms with Crippen molar-refractivity contribution in [1.82, 2.24) is 20.4 Å². The third-order valence-corrected chi connectivity index (χ3v) is 8.10. The maximum atomic E-state index is 14.4. The van der Waals surface area contributed by atoms with Crippen LogP contribution in [0.3, 0.4) is 0 Å². The Bertz CT molecular complexity index is 1740. The number of amides is 4. The number of carbonyl (C=O) groups is 3. The van der Waals surface area contributed by atoms with Gasteiger partial charge in [0.25, 0.3) is 5.91 Å². The molecule has 0 bridgehead atoms. The van der Waals surface area contributed by atoms with Crippen LogP contribution in [0.2, 0.25) is 0 Å². The maximum Gasteiger partial charge on any atom is 0.322 e. The highest BCUT2D eigenvalue weighted by atomic mass is 19.1. The molecule has 0 fully saturated rings. The van der Waals surface area contributed by atoms with Gasteiger partial charge >= 0.3 is 6.03 Å². The number of benzene rings is 4. The molecular weight excluding hydrogens is 571 g/mol. The van der Waals surface area contributed by atoms with Crippen molar-refractivity contribution in [3.8, 4) is 11.5 Å². The second kappa shape index (κ2) is 13.1. The molecule has 228 valence electrons. The van der Waals surface area contributed by atoms with Gasteiger partial charge in [0.05, 0.1) is 23.9 Å². The summed E-state index contributed by atoms with van der Waals surface area (Å²) in [6, 6.07) is 30.3. The molecule has 0 saturated heterocycles. The van der Waals surface area contributed by atoms with Gasteiger partial charge in [0.1, 0.15) is 23.4 Å². The first-order valence-electron chi connectivity index (χ1n) is 14.9. The molecule has 2 atom stereocenters. The molecule has 0 radical (unpaired) electrons. The zero-order chi connectivity index (χ0) is 31.3. The molecule has 6 rings (SSSR count). The second-order valence-corrected chi connectivity index (χ2v) is 10.9. The van der Waals surface area contributed by atoms with Crippen molar-refractivity contribution < 1.29 is 23.5 Å². The van der Waals surface area contributed by atoms with Gasteiger partial charge < -0.3 is 20.3 Å². The molecule has 0 saturated carbocycles.